The standard InChI is InChI=1S/C9H8N2O2/c12-6-7-5-11-13-9(7)8-3-1-2-4-10-8/h1-5,12H,6H2. The first-order valence-corrected chi connectivity index (χ1v) is 3.87. The zero-order valence-corrected chi connectivity index (χ0v) is 6.84. The van der Waals surface area contributed by atoms with Crippen LogP contribution in [0.15, 0.2) is 35.1 Å². The molecule has 0 unspecified atom stereocenters. The fourth-order valence-corrected chi connectivity index (χ4v) is 1.08. The summed E-state index contributed by atoms with van der Waals surface area (Å²) in [4.78, 5) is 4.08. The Kier molecular flexibility index (Phi) is 2.06. The van der Waals surface area contributed by atoms with Crippen molar-refractivity contribution in [2.45, 2.75) is 6.61 Å². The topological polar surface area (TPSA) is 59.2 Å². The fourth-order valence-electron chi connectivity index (χ4n) is 1.08. The molecular formula is C9H8N2O2. The highest BCUT2D eigenvalue weighted by atomic mass is 16.5. The lowest BCUT2D eigenvalue weighted by atomic mass is 10.2. The van der Waals surface area contributed by atoms with Crippen molar-refractivity contribution in [2.75, 3.05) is 0 Å². The number of nitrogens with zero attached hydrogens (tertiary/aromatic N) is 2. The van der Waals surface area contributed by atoms with Crippen molar-refractivity contribution >= 4 is 0 Å². The van der Waals surface area contributed by atoms with E-state index in [9.17, 15) is 0 Å². The summed E-state index contributed by atoms with van der Waals surface area (Å²) in [6.07, 6.45) is 3.16. The third-order valence-electron chi connectivity index (χ3n) is 1.71. The van der Waals surface area contributed by atoms with E-state index in [-0.39, 0.29) is 6.61 Å². The van der Waals surface area contributed by atoms with Gasteiger partial charge in [-0.2, -0.15) is 0 Å². The molecule has 13 heavy (non-hydrogen) atoms. The summed E-state index contributed by atoms with van der Waals surface area (Å²) in [5, 5.41) is 12.5. The molecule has 4 heteroatoms. The van der Waals surface area contributed by atoms with Gasteiger partial charge >= 0.3 is 0 Å². The Balaban J connectivity index is 2.47. The van der Waals surface area contributed by atoms with E-state index in [1.54, 1.807) is 12.3 Å². The lowest BCUT2D eigenvalue weighted by Gasteiger charge is -1.95. The Morgan fingerprint density at radius 3 is 3.00 bits per heavy atom. The first kappa shape index (κ1) is 7.94. The van der Waals surface area contributed by atoms with Gasteiger partial charge in [-0.15, -0.1) is 0 Å². The van der Waals surface area contributed by atoms with Crippen LogP contribution < -0.4 is 0 Å². The number of hydrogen-bond donors (Lipinski definition) is 1. The second kappa shape index (κ2) is 3.37. The average molecular weight is 176 g/mol. The van der Waals surface area contributed by atoms with Crippen molar-refractivity contribution in [3.05, 3.63) is 36.2 Å². The third-order valence-corrected chi connectivity index (χ3v) is 1.71. The van der Waals surface area contributed by atoms with E-state index in [4.69, 9.17) is 9.63 Å². The maximum absolute atomic E-state index is 8.94. The van der Waals surface area contributed by atoms with Gasteiger partial charge in [0.25, 0.3) is 0 Å². The largest absolute Gasteiger partial charge is 0.391 e. The predicted molar refractivity (Wildman–Crippen MR) is 45.7 cm³/mol. The molecular weight excluding hydrogens is 168 g/mol. The minimum absolute atomic E-state index is 0.0879. The van der Waals surface area contributed by atoms with E-state index in [1.165, 1.54) is 6.20 Å². The first-order valence-electron chi connectivity index (χ1n) is 3.87. The van der Waals surface area contributed by atoms with E-state index in [0.717, 1.165) is 0 Å². The van der Waals surface area contributed by atoms with Gasteiger partial charge in [0.05, 0.1) is 12.8 Å². The zero-order valence-electron chi connectivity index (χ0n) is 6.84. The molecule has 0 aliphatic rings. The van der Waals surface area contributed by atoms with Gasteiger partial charge < -0.3 is 9.63 Å². The Labute approximate surface area is 74.8 Å². The Morgan fingerprint density at radius 1 is 1.38 bits per heavy atom. The molecule has 0 fully saturated rings. The molecule has 0 saturated heterocycles. The van der Waals surface area contributed by atoms with Gasteiger partial charge in [-0.05, 0) is 12.1 Å². The van der Waals surface area contributed by atoms with Gasteiger partial charge in [-0.25, -0.2) is 0 Å². The number of pyridine rings is 1. The summed E-state index contributed by atoms with van der Waals surface area (Å²) in [6.45, 7) is -0.0879. The molecule has 2 rings (SSSR count). The summed E-state index contributed by atoms with van der Waals surface area (Å²) >= 11 is 0. The molecule has 2 aromatic rings. The van der Waals surface area contributed by atoms with Crippen LogP contribution in [0.25, 0.3) is 11.5 Å². The molecule has 4 nitrogen and oxygen atoms in total. The molecule has 0 amide bonds. The van der Waals surface area contributed by atoms with Gasteiger partial charge in [-0.3, -0.25) is 4.98 Å². The molecule has 2 aromatic heterocycles. The number of rotatable bonds is 2. The van der Waals surface area contributed by atoms with Gasteiger partial charge in [0, 0.05) is 11.8 Å². The van der Waals surface area contributed by atoms with Crippen LogP contribution >= 0.6 is 0 Å². The molecule has 0 spiro atoms. The van der Waals surface area contributed by atoms with Gasteiger partial charge in [-0.1, -0.05) is 11.2 Å². The van der Waals surface area contributed by atoms with Crippen LogP contribution in [-0.4, -0.2) is 15.2 Å². The maximum Gasteiger partial charge on any atom is 0.190 e. The second-order valence-electron chi connectivity index (χ2n) is 2.55. The predicted octanol–water partition coefficient (Wildman–Crippen LogP) is 1.23. The number of aliphatic hydroxyl groups is 1. The molecule has 1 N–H and O–H groups in total. The van der Waals surface area contributed by atoms with Crippen molar-refractivity contribution in [1.29, 1.82) is 0 Å². The van der Waals surface area contributed by atoms with E-state index >= 15 is 0 Å². The minimum atomic E-state index is -0.0879. The SMILES string of the molecule is OCc1cnoc1-c1ccccn1. The van der Waals surface area contributed by atoms with E-state index in [2.05, 4.69) is 10.1 Å². The Hall–Kier alpha value is -1.68. The van der Waals surface area contributed by atoms with Crippen molar-refractivity contribution in [3.8, 4) is 11.5 Å². The summed E-state index contributed by atoms with van der Waals surface area (Å²) in [5.74, 6) is 0.531. The molecule has 0 aliphatic carbocycles. The third kappa shape index (κ3) is 1.43. The molecule has 66 valence electrons. The van der Waals surface area contributed by atoms with E-state index in [1.807, 2.05) is 12.1 Å². The van der Waals surface area contributed by atoms with Crippen molar-refractivity contribution < 1.29 is 9.63 Å². The highest BCUT2D eigenvalue weighted by molar-refractivity contribution is 5.55. The number of aromatic nitrogens is 2. The summed E-state index contributed by atoms with van der Waals surface area (Å²) in [6, 6.07) is 5.48. The van der Waals surface area contributed by atoms with Crippen LogP contribution in [0.1, 0.15) is 5.56 Å². The lowest BCUT2D eigenvalue weighted by molar-refractivity contribution is 0.281. The van der Waals surface area contributed by atoms with Crippen molar-refractivity contribution in [2.24, 2.45) is 0 Å². The smallest absolute Gasteiger partial charge is 0.190 e. The highest BCUT2D eigenvalue weighted by Gasteiger charge is 2.09. The zero-order chi connectivity index (χ0) is 9.10. The molecule has 0 saturated carbocycles. The molecule has 0 radical (unpaired) electrons. The number of hydrogen-bond acceptors (Lipinski definition) is 4. The van der Waals surface area contributed by atoms with Crippen molar-refractivity contribution in [3.63, 3.8) is 0 Å². The maximum atomic E-state index is 8.94. The second-order valence-corrected chi connectivity index (χ2v) is 2.55. The van der Waals surface area contributed by atoms with Gasteiger partial charge in [0.15, 0.2) is 5.76 Å². The van der Waals surface area contributed by atoms with Crippen LogP contribution in [0.2, 0.25) is 0 Å². The van der Waals surface area contributed by atoms with Gasteiger partial charge in [0.1, 0.15) is 5.69 Å². The van der Waals surface area contributed by atoms with Crippen LogP contribution in [-0.2, 0) is 6.61 Å². The fraction of sp³-hybridized carbons (Fsp3) is 0.111. The van der Waals surface area contributed by atoms with E-state index < -0.39 is 0 Å². The normalized spacial score (nSPS) is 10.2. The Bertz CT molecular complexity index is 384. The van der Waals surface area contributed by atoms with E-state index in [0.29, 0.717) is 17.0 Å². The van der Waals surface area contributed by atoms with Crippen LogP contribution in [0, 0.1) is 0 Å². The highest BCUT2D eigenvalue weighted by Crippen LogP contribution is 2.20. The van der Waals surface area contributed by atoms with Crippen LogP contribution in [0.4, 0.5) is 0 Å². The quantitative estimate of drug-likeness (QED) is 0.747. The lowest BCUT2D eigenvalue weighted by Crippen LogP contribution is -1.85. The molecule has 2 heterocycles. The number of aliphatic hydroxyl groups excluding tert-OH is 1. The molecule has 0 atom stereocenters. The Morgan fingerprint density at radius 2 is 2.31 bits per heavy atom. The van der Waals surface area contributed by atoms with Crippen LogP contribution in [0.3, 0.4) is 0 Å². The monoisotopic (exact) mass is 176 g/mol. The summed E-state index contributed by atoms with van der Waals surface area (Å²) in [5.41, 5.74) is 1.34. The summed E-state index contributed by atoms with van der Waals surface area (Å²) < 4.78 is 4.97. The molecule has 0 bridgehead atoms. The summed E-state index contributed by atoms with van der Waals surface area (Å²) in [7, 11) is 0. The molecule has 0 aromatic carbocycles. The van der Waals surface area contributed by atoms with Gasteiger partial charge in [0.2, 0.25) is 0 Å². The van der Waals surface area contributed by atoms with Crippen molar-refractivity contribution in [1.82, 2.24) is 10.1 Å². The minimum Gasteiger partial charge on any atom is -0.391 e. The first-order chi connectivity index (χ1) is 6.42. The molecule has 0 aliphatic heterocycles. The van der Waals surface area contributed by atoms with Crippen LogP contribution in [0.5, 0.6) is 0 Å². The average Bonchev–Trinajstić information content (AvgIpc) is 2.67.